The fourth-order valence-corrected chi connectivity index (χ4v) is 2.71. The van der Waals surface area contributed by atoms with Crippen LogP contribution in [-0.4, -0.2) is 24.1 Å². The van der Waals surface area contributed by atoms with E-state index in [-0.39, 0.29) is 11.9 Å². The molecule has 1 unspecified atom stereocenters. The Kier molecular flexibility index (Phi) is 2.99. The van der Waals surface area contributed by atoms with Crippen LogP contribution in [0.5, 0.6) is 0 Å². The van der Waals surface area contributed by atoms with Crippen molar-refractivity contribution in [1.82, 2.24) is 0 Å². The van der Waals surface area contributed by atoms with Crippen molar-refractivity contribution in [2.45, 2.75) is 37.7 Å². The minimum Gasteiger partial charge on any atom is -0.465 e. The van der Waals surface area contributed by atoms with Gasteiger partial charge in [-0.2, -0.15) is 0 Å². The second kappa shape index (κ2) is 4.28. The van der Waals surface area contributed by atoms with Gasteiger partial charge in [-0.3, -0.25) is 4.79 Å². The Balaban J connectivity index is 2.17. The molecule has 2 rings (SSSR count). The molecule has 0 amide bonds. The summed E-state index contributed by atoms with van der Waals surface area (Å²) in [4.78, 5) is 22.9. The van der Waals surface area contributed by atoms with Gasteiger partial charge in [0.25, 0.3) is 0 Å². The third kappa shape index (κ3) is 1.84. The summed E-state index contributed by atoms with van der Waals surface area (Å²) in [5.41, 5.74) is -0.626. The summed E-state index contributed by atoms with van der Waals surface area (Å²) < 4.78 is 10.4. The molecule has 1 aliphatic carbocycles. The number of cyclic esters (lactones) is 1. The van der Waals surface area contributed by atoms with Crippen LogP contribution in [0, 0.1) is 5.92 Å². The predicted octanol–water partition coefficient (Wildman–Crippen LogP) is 1.59. The van der Waals surface area contributed by atoms with Gasteiger partial charge in [-0.15, -0.1) is 0 Å². The zero-order chi connectivity index (χ0) is 11.6. The molecular weight excluding hydrogens is 208 g/mol. The second-order valence-electron chi connectivity index (χ2n) is 4.41. The number of ether oxygens (including phenoxy) is 2. The number of carbonyl (C=O) groups is 2. The van der Waals surface area contributed by atoms with Gasteiger partial charge in [-0.05, 0) is 32.1 Å². The Morgan fingerprint density at radius 2 is 2.19 bits per heavy atom. The highest BCUT2D eigenvalue weighted by atomic mass is 16.6. The van der Waals surface area contributed by atoms with E-state index in [1.165, 1.54) is 0 Å². The van der Waals surface area contributed by atoms with Crippen LogP contribution in [0.2, 0.25) is 0 Å². The molecule has 1 heterocycles. The molecule has 88 valence electrons. The molecule has 0 spiro atoms. The van der Waals surface area contributed by atoms with Crippen LogP contribution in [0.25, 0.3) is 0 Å². The molecule has 1 aliphatic heterocycles. The molecule has 0 aromatic heterocycles. The molecule has 0 N–H and O–H groups in total. The highest BCUT2D eigenvalue weighted by molar-refractivity contribution is 5.83. The Morgan fingerprint density at radius 3 is 2.69 bits per heavy atom. The zero-order valence-electron chi connectivity index (χ0n) is 9.24. The number of carbonyl (C=O) groups excluding carboxylic acids is 2. The average molecular weight is 224 g/mol. The minimum absolute atomic E-state index is 0.223. The van der Waals surface area contributed by atoms with Gasteiger partial charge in [-0.25, -0.2) is 4.79 Å². The quantitative estimate of drug-likeness (QED) is 0.539. The summed E-state index contributed by atoms with van der Waals surface area (Å²) in [6.45, 7) is 3.83. The second-order valence-corrected chi connectivity index (χ2v) is 4.41. The number of esters is 2. The van der Waals surface area contributed by atoms with E-state index in [0.717, 1.165) is 31.8 Å². The van der Waals surface area contributed by atoms with Crippen molar-refractivity contribution >= 4 is 11.9 Å². The zero-order valence-corrected chi connectivity index (χ0v) is 9.24. The van der Waals surface area contributed by atoms with Crippen molar-refractivity contribution in [3.05, 3.63) is 12.7 Å². The molecule has 2 aliphatic rings. The van der Waals surface area contributed by atoms with Crippen LogP contribution in [0.3, 0.4) is 0 Å². The molecule has 16 heavy (non-hydrogen) atoms. The smallest absolute Gasteiger partial charge is 0.330 e. The average Bonchev–Trinajstić information content (AvgIpc) is 2.87. The van der Waals surface area contributed by atoms with Gasteiger partial charge in [0, 0.05) is 6.08 Å². The number of hydrogen-bond acceptors (Lipinski definition) is 4. The van der Waals surface area contributed by atoms with Crippen molar-refractivity contribution in [2.24, 2.45) is 5.92 Å². The standard InChI is InChI=1S/C12H16O4/c1-2-10(13)16-12(6-3-4-7-12)9-5-8-15-11(9)14/h2,9H,1,3-8H2. The monoisotopic (exact) mass is 224 g/mol. The first-order valence-electron chi connectivity index (χ1n) is 5.70. The van der Waals surface area contributed by atoms with Crippen molar-refractivity contribution < 1.29 is 19.1 Å². The van der Waals surface area contributed by atoms with E-state index in [4.69, 9.17) is 9.47 Å². The van der Waals surface area contributed by atoms with Gasteiger partial charge >= 0.3 is 11.9 Å². The Labute approximate surface area is 94.6 Å². The molecule has 0 aromatic carbocycles. The maximum absolute atomic E-state index is 11.6. The Morgan fingerprint density at radius 1 is 1.50 bits per heavy atom. The lowest BCUT2D eigenvalue weighted by Gasteiger charge is -2.32. The largest absolute Gasteiger partial charge is 0.465 e. The minimum atomic E-state index is -0.626. The maximum atomic E-state index is 11.6. The molecule has 1 saturated carbocycles. The SMILES string of the molecule is C=CC(=O)OC1(C2CCOC2=O)CCCC1. The lowest BCUT2D eigenvalue weighted by molar-refractivity contribution is -0.165. The first kappa shape index (κ1) is 11.2. The molecule has 4 heteroatoms. The third-order valence-electron chi connectivity index (χ3n) is 3.49. The van der Waals surface area contributed by atoms with Crippen LogP contribution < -0.4 is 0 Å². The molecule has 0 radical (unpaired) electrons. The van der Waals surface area contributed by atoms with Crippen LogP contribution in [0.15, 0.2) is 12.7 Å². The predicted molar refractivity (Wildman–Crippen MR) is 56.6 cm³/mol. The Bertz CT molecular complexity index is 315. The highest BCUT2D eigenvalue weighted by Crippen LogP contribution is 2.43. The van der Waals surface area contributed by atoms with Gasteiger partial charge in [0.15, 0.2) is 0 Å². The van der Waals surface area contributed by atoms with E-state index >= 15 is 0 Å². The Hall–Kier alpha value is -1.32. The van der Waals surface area contributed by atoms with E-state index < -0.39 is 11.6 Å². The summed E-state index contributed by atoms with van der Waals surface area (Å²) in [6, 6.07) is 0. The van der Waals surface area contributed by atoms with Crippen molar-refractivity contribution in [3.63, 3.8) is 0 Å². The van der Waals surface area contributed by atoms with E-state index in [9.17, 15) is 9.59 Å². The topological polar surface area (TPSA) is 52.6 Å². The van der Waals surface area contributed by atoms with E-state index in [0.29, 0.717) is 13.0 Å². The summed E-state index contributed by atoms with van der Waals surface area (Å²) in [6.07, 6.45) is 5.31. The van der Waals surface area contributed by atoms with Crippen LogP contribution in [-0.2, 0) is 19.1 Å². The summed E-state index contributed by atoms with van der Waals surface area (Å²) in [7, 11) is 0. The van der Waals surface area contributed by atoms with Gasteiger partial charge in [0.1, 0.15) is 5.60 Å². The fourth-order valence-electron chi connectivity index (χ4n) is 2.71. The number of hydrogen-bond donors (Lipinski definition) is 0. The molecule has 2 fully saturated rings. The number of rotatable bonds is 3. The lowest BCUT2D eigenvalue weighted by Crippen LogP contribution is -2.42. The first-order chi connectivity index (χ1) is 7.68. The molecule has 1 saturated heterocycles. The third-order valence-corrected chi connectivity index (χ3v) is 3.49. The summed E-state index contributed by atoms with van der Waals surface area (Å²) >= 11 is 0. The molecule has 1 atom stereocenters. The van der Waals surface area contributed by atoms with Crippen molar-refractivity contribution in [3.8, 4) is 0 Å². The lowest BCUT2D eigenvalue weighted by atomic mass is 9.84. The fraction of sp³-hybridized carbons (Fsp3) is 0.667. The molecule has 0 aromatic rings. The van der Waals surface area contributed by atoms with Crippen molar-refractivity contribution in [1.29, 1.82) is 0 Å². The van der Waals surface area contributed by atoms with Crippen molar-refractivity contribution in [2.75, 3.05) is 6.61 Å². The maximum Gasteiger partial charge on any atom is 0.330 e. The highest BCUT2D eigenvalue weighted by Gasteiger charge is 2.50. The van der Waals surface area contributed by atoms with Gasteiger partial charge < -0.3 is 9.47 Å². The van der Waals surface area contributed by atoms with Gasteiger partial charge in [-0.1, -0.05) is 6.58 Å². The molecular formula is C12H16O4. The first-order valence-corrected chi connectivity index (χ1v) is 5.70. The van der Waals surface area contributed by atoms with Crippen LogP contribution >= 0.6 is 0 Å². The van der Waals surface area contributed by atoms with Gasteiger partial charge in [0.05, 0.1) is 12.5 Å². The summed E-state index contributed by atoms with van der Waals surface area (Å²) in [5.74, 6) is -0.945. The molecule has 0 bridgehead atoms. The van der Waals surface area contributed by atoms with Crippen LogP contribution in [0.4, 0.5) is 0 Å². The molecule has 4 nitrogen and oxygen atoms in total. The van der Waals surface area contributed by atoms with Gasteiger partial charge in [0.2, 0.25) is 0 Å². The van der Waals surface area contributed by atoms with E-state index in [1.807, 2.05) is 0 Å². The van der Waals surface area contributed by atoms with Crippen LogP contribution in [0.1, 0.15) is 32.1 Å². The van der Waals surface area contributed by atoms with E-state index in [1.54, 1.807) is 0 Å². The van der Waals surface area contributed by atoms with E-state index in [2.05, 4.69) is 6.58 Å². The summed E-state index contributed by atoms with van der Waals surface area (Å²) in [5, 5.41) is 0. The normalized spacial score (nSPS) is 27.5.